The molecule has 1 fully saturated rings. The van der Waals surface area contributed by atoms with Crippen molar-refractivity contribution in [1.29, 1.82) is 0 Å². The molecule has 0 N–H and O–H groups in total. The van der Waals surface area contributed by atoms with Gasteiger partial charge in [-0.3, -0.25) is 0 Å². The lowest BCUT2D eigenvalue weighted by molar-refractivity contribution is 0.115. The van der Waals surface area contributed by atoms with Crippen LogP contribution < -0.4 is 0 Å². The molecular formula is C11H14FNO3S. The number of nitrogens with zero attached hydrogens (tertiary/aromatic N) is 1. The Hall–Kier alpha value is -0.980. The van der Waals surface area contributed by atoms with Crippen molar-refractivity contribution in [3.05, 3.63) is 30.1 Å². The van der Waals surface area contributed by atoms with Crippen LogP contribution in [0.4, 0.5) is 4.39 Å². The quantitative estimate of drug-likeness (QED) is 0.820. The molecule has 1 aromatic rings. The topological polar surface area (TPSA) is 46.6 Å². The smallest absolute Gasteiger partial charge is 0.243 e. The Labute approximate surface area is 100 Å². The van der Waals surface area contributed by atoms with E-state index in [2.05, 4.69) is 0 Å². The van der Waals surface area contributed by atoms with Crippen LogP contribution in [0, 0.1) is 5.82 Å². The van der Waals surface area contributed by atoms with Crippen molar-refractivity contribution in [2.75, 3.05) is 20.2 Å². The third kappa shape index (κ3) is 2.48. The van der Waals surface area contributed by atoms with E-state index in [0.717, 1.165) is 12.1 Å². The lowest BCUT2D eigenvalue weighted by atomic mass is 10.3. The first-order valence-corrected chi connectivity index (χ1v) is 6.76. The molecule has 1 saturated heterocycles. The van der Waals surface area contributed by atoms with Crippen molar-refractivity contribution in [3.63, 3.8) is 0 Å². The van der Waals surface area contributed by atoms with E-state index in [1.165, 1.54) is 16.4 Å². The second kappa shape index (κ2) is 4.72. The zero-order valence-electron chi connectivity index (χ0n) is 9.47. The normalized spacial score (nSPS) is 21.9. The number of methoxy groups -OCH3 is 1. The van der Waals surface area contributed by atoms with Crippen molar-refractivity contribution in [2.24, 2.45) is 0 Å². The predicted octanol–water partition coefficient (Wildman–Crippen LogP) is 1.24. The molecule has 1 atom stereocenters. The van der Waals surface area contributed by atoms with E-state index in [1.807, 2.05) is 0 Å². The van der Waals surface area contributed by atoms with E-state index in [-0.39, 0.29) is 11.0 Å². The fourth-order valence-corrected chi connectivity index (χ4v) is 3.35. The van der Waals surface area contributed by atoms with Gasteiger partial charge in [-0.25, -0.2) is 12.8 Å². The standard InChI is InChI=1S/C11H14FNO3S/c1-16-10-6-7-13(8-10)17(14,15)11-4-2-9(12)3-5-11/h2-5,10H,6-8H2,1H3. The molecular weight excluding hydrogens is 245 g/mol. The molecule has 6 heteroatoms. The zero-order chi connectivity index (χ0) is 12.5. The SMILES string of the molecule is COC1CCN(S(=O)(=O)c2ccc(F)cc2)C1. The van der Waals surface area contributed by atoms with Gasteiger partial charge in [-0.2, -0.15) is 4.31 Å². The summed E-state index contributed by atoms with van der Waals surface area (Å²) in [6.45, 7) is 0.800. The van der Waals surface area contributed by atoms with Gasteiger partial charge in [-0.05, 0) is 30.7 Å². The molecule has 0 aliphatic carbocycles. The number of rotatable bonds is 3. The highest BCUT2D eigenvalue weighted by molar-refractivity contribution is 7.89. The lowest BCUT2D eigenvalue weighted by Gasteiger charge is -2.16. The zero-order valence-corrected chi connectivity index (χ0v) is 10.3. The van der Waals surface area contributed by atoms with Crippen molar-refractivity contribution >= 4 is 10.0 Å². The third-order valence-electron chi connectivity index (χ3n) is 2.89. The van der Waals surface area contributed by atoms with Gasteiger partial charge in [-0.1, -0.05) is 0 Å². The van der Waals surface area contributed by atoms with E-state index in [9.17, 15) is 12.8 Å². The largest absolute Gasteiger partial charge is 0.380 e. The maximum Gasteiger partial charge on any atom is 0.243 e. The fraction of sp³-hybridized carbons (Fsp3) is 0.455. The summed E-state index contributed by atoms with van der Waals surface area (Å²) in [4.78, 5) is 0.121. The van der Waals surface area contributed by atoms with Gasteiger partial charge < -0.3 is 4.74 Å². The third-order valence-corrected chi connectivity index (χ3v) is 4.77. The van der Waals surface area contributed by atoms with Crippen LogP contribution in [-0.2, 0) is 14.8 Å². The van der Waals surface area contributed by atoms with Gasteiger partial charge in [0.1, 0.15) is 5.82 Å². The molecule has 4 nitrogen and oxygen atoms in total. The van der Waals surface area contributed by atoms with Gasteiger partial charge >= 0.3 is 0 Å². The summed E-state index contributed by atoms with van der Waals surface area (Å²) in [7, 11) is -1.94. The van der Waals surface area contributed by atoms with E-state index in [4.69, 9.17) is 4.74 Å². The predicted molar refractivity (Wildman–Crippen MR) is 60.6 cm³/mol. The minimum absolute atomic E-state index is 0.0507. The molecule has 1 heterocycles. The molecule has 2 rings (SSSR count). The number of sulfonamides is 1. The van der Waals surface area contributed by atoms with Gasteiger partial charge in [0.25, 0.3) is 0 Å². The molecule has 0 spiro atoms. The number of hydrogen-bond acceptors (Lipinski definition) is 3. The van der Waals surface area contributed by atoms with Crippen LogP contribution in [0.3, 0.4) is 0 Å². The Kier molecular flexibility index (Phi) is 3.46. The first-order chi connectivity index (χ1) is 8.04. The average molecular weight is 259 g/mol. The first kappa shape index (κ1) is 12.5. The number of ether oxygens (including phenoxy) is 1. The fourth-order valence-electron chi connectivity index (χ4n) is 1.86. The van der Waals surface area contributed by atoms with Crippen LogP contribution in [0.25, 0.3) is 0 Å². The van der Waals surface area contributed by atoms with Crippen LogP contribution in [-0.4, -0.2) is 39.0 Å². The maximum atomic E-state index is 12.7. The Balaban J connectivity index is 2.22. The van der Waals surface area contributed by atoms with Gasteiger partial charge in [0.2, 0.25) is 10.0 Å². The molecule has 1 unspecified atom stereocenters. The highest BCUT2D eigenvalue weighted by Crippen LogP contribution is 2.22. The summed E-state index contributed by atoms with van der Waals surface area (Å²) in [5, 5.41) is 0. The van der Waals surface area contributed by atoms with Gasteiger partial charge in [0.05, 0.1) is 11.0 Å². The van der Waals surface area contributed by atoms with Crippen LogP contribution >= 0.6 is 0 Å². The molecule has 0 saturated carbocycles. The minimum Gasteiger partial charge on any atom is -0.380 e. The minimum atomic E-state index is -3.51. The summed E-state index contributed by atoms with van der Waals surface area (Å²) in [5.41, 5.74) is 0. The van der Waals surface area contributed by atoms with Crippen molar-refractivity contribution in [3.8, 4) is 0 Å². The molecule has 0 radical (unpaired) electrons. The molecule has 17 heavy (non-hydrogen) atoms. The highest BCUT2D eigenvalue weighted by Gasteiger charge is 2.32. The van der Waals surface area contributed by atoms with Gasteiger partial charge in [-0.15, -0.1) is 0 Å². The van der Waals surface area contributed by atoms with Gasteiger partial charge in [0, 0.05) is 20.2 Å². The number of halogens is 1. The van der Waals surface area contributed by atoms with Crippen LogP contribution in [0.1, 0.15) is 6.42 Å². The molecule has 0 aromatic heterocycles. The molecule has 94 valence electrons. The van der Waals surface area contributed by atoms with E-state index < -0.39 is 15.8 Å². The van der Waals surface area contributed by atoms with Crippen LogP contribution in [0.15, 0.2) is 29.2 Å². The van der Waals surface area contributed by atoms with Gasteiger partial charge in [0.15, 0.2) is 0 Å². The number of benzene rings is 1. The molecule has 0 amide bonds. The van der Waals surface area contributed by atoms with Crippen molar-refractivity contribution in [1.82, 2.24) is 4.31 Å². The Morgan fingerprint density at radius 1 is 1.35 bits per heavy atom. The first-order valence-electron chi connectivity index (χ1n) is 5.32. The molecule has 1 aliphatic heterocycles. The highest BCUT2D eigenvalue weighted by atomic mass is 32.2. The average Bonchev–Trinajstić information content (AvgIpc) is 2.78. The second-order valence-electron chi connectivity index (χ2n) is 3.96. The monoisotopic (exact) mass is 259 g/mol. The Bertz CT molecular complexity index is 486. The Morgan fingerprint density at radius 2 is 2.00 bits per heavy atom. The van der Waals surface area contributed by atoms with Crippen molar-refractivity contribution in [2.45, 2.75) is 17.4 Å². The van der Waals surface area contributed by atoms with E-state index in [0.29, 0.717) is 19.5 Å². The maximum absolute atomic E-state index is 12.7. The van der Waals surface area contributed by atoms with E-state index >= 15 is 0 Å². The molecule has 1 aromatic carbocycles. The molecule has 1 aliphatic rings. The molecule has 0 bridgehead atoms. The second-order valence-corrected chi connectivity index (χ2v) is 5.90. The summed E-state index contributed by atoms with van der Waals surface area (Å²) in [6.07, 6.45) is 0.641. The summed E-state index contributed by atoms with van der Waals surface area (Å²) < 4.78 is 43.5. The summed E-state index contributed by atoms with van der Waals surface area (Å²) >= 11 is 0. The Morgan fingerprint density at radius 3 is 2.53 bits per heavy atom. The van der Waals surface area contributed by atoms with Crippen molar-refractivity contribution < 1.29 is 17.5 Å². The lowest BCUT2D eigenvalue weighted by Crippen LogP contribution is -2.30. The summed E-state index contributed by atoms with van der Waals surface area (Å²) in [5.74, 6) is -0.444. The van der Waals surface area contributed by atoms with Crippen LogP contribution in [0.5, 0.6) is 0 Å². The van der Waals surface area contributed by atoms with E-state index in [1.54, 1.807) is 7.11 Å². The summed E-state index contributed by atoms with van der Waals surface area (Å²) in [6, 6.07) is 4.86. The van der Waals surface area contributed by atoms with Crippen LogP contribution in [0.2, 0.25) is 0 Å². The number of hydrogen-bond donors (Lipinski definition) is 0.